The smallest absolute Gasteiger partial charge is 0.357 e. The summed E-state index contributed by atoms with van der Waals surface area (Å²) >= 11 is 0. The molecule has 2 N–H and O–H groups in total. The Morgan fingerprint density at radius 2 is 1.93 bits per heavy atom. The molecular formula is C30H30F2N6O2. The molecule has 1 aliphatic heterocycles. The van der Waals surface area contributed by atoms with Crippen molar-refractivity contribution in [1.82, 2.24) is 9.97 Å². The fraction of sp³-hybridized carbons (Fsp3) is 0.367. The monoisotopic (exact) mass is 544 g/mol. The summed E-state index contributed by atoms with van der Waals surface area (Å²) in [4.78, 5) is 24.1. The maximum atomic E-state index is 13.8. The van der Waals surface area contributed by atoms with E-state index >= 15 is 0 Å². The maximum Gasteiger partial charge on any atom is 0.357 e. The number of nitrogens with one attached hydrogen (secondary N) is 2. The quantitative estimate of drug-likeness (QED) is 0.256. The van der Waals surface area contributed by atoms with Gasteiger partial charge >= 0.3 is 5.97 Å². The highest BCUT2D eigenvalue weighted by atomic mass is 19.3. The molecule has 0 radical (unpaired) electrons. The molecule has 10 heteroatoms. The Bertz CT molecular complexity index is 1420. The molecule has 1 saturated heterocycles. The van der Waals surface area contributed by atoms with E-state index in [1.807, 2.05) is 42.5 Å². The number of aromatic nitrogens is 2. The number of esters is 1. The summed E-state index contributed by atoms with van der Waals surface area (Å²) in [5.41, 5.74) is 2.19. The second kappa shape index (κ2) is 11.4. The normalized spacial score (nSPS) is 17.0. The predicted octanol–water partition coefficient (Wildman–Crippen LogP) is 6.22. The van der Waals surface area contributed by atoms with Crippen molar-refractivity contribution in [2.45, 2.75) is 38.5 Å². The standard InChI is InChI=1S/C30H30F2N6O2/c1-2-40-29(39)24-14-23(20-8-9-25(35-18-20)38-12-10-19(17-33)11-13-38)26(27(34)21-15-30(31,32)16-21)28(37-24)36-22-6-4-3-5-7-22/h3-9,14,18-19,21,34H,2,10-13,15-16H2,1H3,(H,36,37). The Labute approximate surface area is 231 Å². The van der Waals surface area contributed by atoms with E-state index in [1.165, 1.54) is 0 Å². The van der Waals surface area contributed by atoms with Crippen LogP contribution in [0.15, 0.2) is 54.7 Å². The third-order valence-electron chi connectivity index (χ3n) is 7.37. The first-order chi connectivity index (χ1) is 19.3. The van der Waals surface area contributed by atoms with Crippen LogP contribution in [0, 0.1) is 28.6 Å². The number of nitriles is 1. The zero-order valence-electron chi connectivity index (χ0n) is 22.2. The highest BCUT2D eigenvalue weighted by Crippen LogP contribution is 2.46. The molecule has 3 heterocycles. The highest BCUT2D eigenvalue weighted by Gasteiger charge is 2.48. The fourth-order valence-corrected chi connectivity index (χ4v) is 5.14. The summed E-state index contributed by atoms with van der Waals surface area (Å²) in [5, 5.41) is 21.4. The van der Waals surface area contributed by atoms with Crippen molar-refractivity contribution in [1.29, 1.82) is 10.7 Å². The minimum Gasteiger partial charge on any atom is -0.461 e. The summed E-state index contributed by atoms with van der Waals surface area (Å²) in [6, 6.07) is 16.7. The van der Waals surface area contributed by atoms with E-state index < -0.39 is 30.7 Å². The van der Waals surface area contributed by atoms with Crippen molar-refractivity contribution in [3.63, 3.8) is 0 Å². The van der Waals surface area contributed by atoms with Gasteiger partial charge in [0.25, 0.3) is 0 Å². The molecule has 1 aliphatic carbocycles. The van der Waals surface area contributed by atoms with E-state index in [-0.39, 0.29) is 29.7 Å². The number of piperidine rings is 1. The number of halogens is 2. The van der Waals surface area contributed by atoms with Crippen LogP contribution in [-0.2, 0) is 4.74 Å². The lowest BCUT2D eigenvalue weighted by Gasteiger charge is -2.36. The number of alkyl halides is 2. The molecule has 0 bridgehead atoms. The lowest BCUT2D eigenvalue weighted by molar-refractivity contribution is -0.0909. The van der Waals surface area contributed by atoms with Crippen LogP contribution in [0.3, 0.4) is 0 Å². The third kappa shape index (κ3) is 5.78. The van der Waals surface area contributed by atoms with Gasteiger partial charge in [0.05, 0.1) is 12.7 Å². The number of carbonyl (C=O) groups excluding carboxylic acids is 1. The molecule has 1 aromatic carbocycles. The van der Waals surface area contributed by atoms with Crippen LogP contribution in [0.5, 0.6) is 0 Å². The van der Waals surface area contributed by atoms with Gasteiger partial charge in [-0.1, -0.05) is 18.2 Å². The average molecular weight is 545 g/mol. The summed E-state index contributed by atoms with van der Waals surface area (Å²) in [6.07, 6.45) is 2.38. The largest absolute Gasteiger partial charge is 0.461 e. The minimum atomic E-state index is -2.80. The zero-order valence-corrected chi connectivity index (χ0v) is 22.2. The van der Waals surface area contributed by atoms with Crippen molar-refractivity contribution in [2.24, 2.45) is 11.8 Å². The van der Waals surface area contributed by atoms with E-state index in [1.54, 1.807) is 19.2 Å². The lowest BCUT2D eigenvalue weighted by atomic mass is 9.75. The Kier molecular flexibility index (Phi) is 7.74. The van der Waals surface area contributed by atoms with Gasteiger partial charge < -0.3 is 20.4 Å². The highest BCUT2D eigenvalue weighted by molar-refractivity contribution is 6.11. The van der Waals surface area contributed by atoms with E-state index in [2.05, 4.69) is 26.3 Å². The van der Waals surface area contributed by atoms with E-state index in [4.69, 9.17) is 10.1 Å². The number of para-hydroxylation sites is 1. The van der Waals surface area contributed by atoms with Crippen molar-refractivity contribution < 1.29 is 18.3 Å². The van der Waals surface area contributed by atoms with Crippen LogP contribution >= 0.6 is 0 Å². The van der Waals surface area contributed by atoms with Gasteiger partial charge in [0.1, 0.15) is 11.6 Å². The van der Waals surface area contributed by atoms with E-state index in [9.17, 15) is 18.8 Å². The maximum absolute atomic E-state index is 13.8. The average Bonchev–Trinajstić information content (AvgIpc) is 2.96. The Morgan fingerprint density at radius 1 is 1.20 bits per heavy atom. The van der Waals surface area contributed by atoms with Crippen molar-refractivity contribution in [2.75, 3.05) is 29.9 Å². The van der Waals surface area contributed by atoms with Crippen LogP contribution < -0.4 is 10.2 Å². The summed E-state index contributed by atoms with van der Waals surface area (Å²) < 4.78 is 32.9. The predicted molar refractivity (Wildman–Crippen MR) is 148 cm³/mol. The summed E-state index contributed by atoms with van der Waals surface area (Å²) in [6.45, 7) is 3.31. The first-order valence-electron chi connectivity index (χ1n) is 13.4. The molecular weight excluding hydrogens is 514 g/mol. The molecule has 2 aromatic heterocycles. The first kappa shape index (κ1) is 27.2. The van der Waals surface area contributed by atoms with Crippen LogP contribution in [0.1, 0.15) is 48.7 Å². The van der Waals surface area contributed by atoms with Crippen LogP contribution in [0.4, 0.5) is 26.1 Å². The second-order valence-electron chi connectivity index (χ2n) is 10.2. The van der Waals surface area contributed by atoms with Crippen LogP contribution in [0.25, 0.3) is 11.1 Å². The Balaban J connectivity index is 1.58. The van der Waals surface area contributed by atoms with E-state index in [0.29, 0.717) is 22.4 Å². The molecule has 2 aliphatic rings. The lowest BCUT2D eigenvalue weighted by Crippen LogP contribution is -2.40. The molecule has 206 valence electrons. The fourth-order valence-electron chi connectivity index (χ4n) is 5.14. The molecule has 2 fully saturated rings. The number of hydrogen-bond acceptors (Lipinski definition) is 8. The van der Waals surface area contributed by atoms with Gasteiger partial charge in [-0.15, -0.1) is 0 Å². The number of rotatable bonds is 8. The number of nitrogens with zero attached hydrogens (tertiary/aromatic N) is 4. The molecule has 8 nitrogen and oxygen atoms in total. The molecule has 5 rings (SSSR count). The van der Waals surface area contributed by atoms with Crippen molar-refractivity contribution in [3.05, 3.63) is 66.0 Å². The molecule has 0 amide bonds. The molecule has 0 spiro atoms. The van der Waals surface area contributed by atoms with E-state index in [0.717, 1.165) is 31.7 Å². The number of ether oxygens (including phenoxy) is 1. The van der Waals surface area contributed by atoms with Gasteiger partial charge in [0.2, 0.25) is 5.92 Å². The van der Waals surface area contributed by atoms with Gasteiger partial charge in [-0.05, 0) is 55.7 Å². The van der Waals surface area contributed by atoms with Gasteiger partial charge in [-0.3, -0.25) is 0 Å². The minimum absolute atomic E-state index is 0.0323. The third-order valence-corrected chi connectivity index (χ3v) is 7.37. The first-order valence-corrected chi connectivity index (χ1v) is 13.4. The van der Waals surface area contributed by atoms with Gasteiger partial charge in [0, 0.05) is 66.5 Å². The van der Waals surface area contributed by atoms with Crippen LogP contribution in [0.2, 0.25) is 0 Å². The number of anilines is 3. The van der Waals surface area contributed by atoms with Crippen LogP contribution in [-0.4, -0.2) is 47.3 Å². The Morgan fingerprint density at radius 3 is 2.52 bits per heavy atom. The SMILES string of the molecule is CCOC(=O)c1cc(-c2ccc(N3CCC(C#N)CC3)nc2)c(C(=N)C2CC(F)(F)C2)c(Nc2ccccc2)n1. The number of carbonyl (C=O) groups is 1. The van der Waals surface area contributed by atoms with Gasteiger partial charge in [-0.2, -0.15) is 5.26 Å². The Hall–Kier alpha value is -4.39. The van der Waals surface area contributed by atoms with Crippen molar-refractivity contribution in [3.8, 4) is 17.2 Å². The van der Waals surface area contributed by atoms with Gasteiger partial charge in [0.15, 0.2) is 5.69 Å². The summed E-state index contributed by atoms with van der Waals surface area (Å²) in [5.74, 6) is -3.04. The topological polar surface area (TPSA) is 115 Å². The summed E-state index contributed by atoms with van der Waals surface area (Å²) in [7, 11) is 0. The zero-order chi connectivity index (χ0) is 28.3. The number of pyridine rings is 2. The molecule has 0 unspecified atom stereocenters. The number of hydrogen-bond donors (Lipinski definition) is 2. The molecule has 1 saturated carbocycles. The second-order valence-corrected chi connectivity index (χ2v) is 10.2. The molecule has 40 heavy (non-hydrogen) atoms. The molecule has 0 atom stereocenters. The molecule has 3 aromatic rings. The van der Waals surface area contributed by atoms with Gasteiger partial charge in [-0.25, -0.2) is 23.5 Å². The number of benzene rings is 1. The van der Waals surface area contributed by atoms with Crippen molar-refractivity contribution >= 4 is 29.0 Å².